The number of anilines is 1. The first-order chi connectivity index (χ1) is 15.1. The van der Waals surface area contributed by atoms with Gasteiger partial charge in [-0.25, -0.2) is 23.4 Å². The van der Waals surface area contributed by atoms with Crippen LogP contribution in [0.5, 0.6) is 0 Å². The summed E-state index contributed by atoms with van der Waals surface area (Å²) in [6, 6.07) is 7.32. The van der Waals surface area contributed by atoms with Crippen molar-refractivity contribution >= 4 is 44.3 Å². The first-order valence-electron chi connectivity index (χ1n) is 10.3. The molecular weight excluding hydrogens is 452 g/mol. The van der Waals surface area contributed by atoms with Crippen molar-refractivity contribution in [2.75, 3.05) is 43.1 Å². The lowest BCUT2D eigenvalue weighted by Gasteiger charge is -2.34. The molecule has 0 aliphatic carbocycles. The van der Waals surface area contributed by atoms with Gasteiger partial charge in [0.2, 0.25) is 5.91 Å². The third-order valence-corrected chi connectivity index (χ3v) is 6.77. The molecule has 170 valence electrons. The molecule has 9 nitrogen and oxygen atoms in total. The zero-order valence-electron chi connectivity index (χ0n) is 18.2. The quantitative estimate of drug-likeness (QED) is 0.556. The van der Waals surface area contributed by atoms with Gasteiger partial charge >= 0.3 is 0 Å². The summed E-state index contributed by atoms with van der Waals surface area (Å²) in [5, 5.41) is 0.518. The summed E-state index contributed by atoms with van der Waals surface area (Å²) < 4.78 is 25.6. The average molecular weight is 477 g/mol. The molecule has 0 bridgehead atoms. The van der Waals surface area contributed by atoms with Gasteiger partial charge in [0.05, 0.1) is 10.8 Å². The fourth-order valence-electron chi connectivity index (χ4n) is 3.86. The van der Waals surface area contributed by atoms with E-state index in [0.29, 0.717) is 65.4 Å². The Labute approximate surface area is 192 Å². The van der Waals surface area contributed by atoms with E-state index in [1.54, 1.807) is 19.9 Å². The second-order valence-corrected chi connectivity index (χ2v) is 10.6. The van der Waals surface area contributed by atoms with Crippen molar-refractivity contribution in [1.29, 1.82) is 0 Å². The number of rotatable bonds is 5. The zero-order valence-corrected chi connectivity index (χ0v) is 19.8. The van der Waals surface area contributed by atoms with E-state index in [1.807, 2.05) is 27.7 Å². The van der Waals surface area contributed by atoms with Gasteiger partial charge in [-0.05, 0) is 19.1 Å². The number of amides is 1. The molecule has 1 aliphatic heterocycles. The monoisotopic (exact) mass is 476 g/mol. The summed E-state index contributed by atoms with van der Waals surface area (Å²) in [5.74, 6) is 1.80. The van der Waals surface area contributed by atoms with E-state index in [1.165, 1.54) is 6.26 Å². The molecule has 0 N–H and O–H groups in total. The number of carbonyl (C=O) groups excluding carboxylic acids is 1. The normalized spacial score (nSPS) is 14.9. The number of piperazine rings is 1. The number of fused-ring (bicyclic) bond motifs is 1. The maximum absolute atomic E-state index is 11.9. The predicted molar refractivity (Wildman–Crippen MR) is 125 cm³/mol. The predicted octanol–water partition coefficient (Wildman–Crippen LogP) is 2.17. The Morgan fingerprint density at radius 2 is 1.78 bits per heavy atom. The number of aryl methyl sites for hydroxylation is 2. The molecule has 0 atom stereocenters. The Morgan fingerprint density at radius 3 is 2.41 bits per heavy atom. The van der Waals surface area contributed by atoms with Crippen LogP contribution in [0, 0.1) is 6.92 Å². The van der Waals surface area contributed by atoms with Crippen molar-refractivity contribution in [2.45, 2.75) is 20.4 Å². The largest absolute Gasteiger partial charge is 0.351 e. The SMILES string of the molecule is CC(=O)N1CCN(c2nc(C)nc3c2nc(-c2ccccc2Cl)n3CCS(C)(=O)=O)CC1. The van der Waals surface area contributed by atoms with Crippen LogP contribution in [0.2, 0.25) is 5.02 Å². The minimum atomic E-state index is -3.21. The molecule has 1 fully saturated rings. The lowest BCUT2D eigenvalue weighted by molar-refractivity contribution is -0.129. The summed E-state index contributed by atoms with van der Waals surface area (Å²) in [7, 11) is -3.21. The van der Waals surface area contributed by atoms with Gasteiger partial charge in [-0.15, -0.1) is 0 Å². The number of hydrogen-bond donors (Lipinski definition) is 0. The summed E-state index contributed by atoms with van der Waals surface area (Å²) in [4.78, 5) is 29.7. The first-order valence-corrected chi connectivity index (χ1v) is 12.8. The van der Waals surface area contributed by atoms with Crippen molar-refractivity contribution < 1.29 is 13.2 Å². The van der Waals surface area contributed by atoms with Crippen molar-refractivity contribution in [2.24, 2.45) is 0 Å². The standard InChI is InChI=1S/C21H25ClN6O3S/c1-14-23-20(27-10-8-26(9-11-27)15(2)29)18-21(24-14)28(12-13-32(3,30)31)19(25-18)16-6-4-5-7-17(16)22/h4-7H,8-13H2,1-3H3. The number of sulfone groups is 1. The van der Waals surface area contributed by atoms with Crippen LogP contribution in [-0.4, -0.2) is 76.9 Å². The lowest BCUT2D eigenvalue weighted by Crippen LogP contribution is -2.48. The van der Waals surface area contributed by atoms with Crippen LogP contribution in [0.25, 0.3) is 22.6 Å². The highest BCUT2D eigenvalue weighted by atomic mass is 35.5. The van der Waals surface area contributed by atoms with E-state index in [9.17, 15) is 13.2 Å². The number of benzene rings is 1. The van der Waals surface area contributed by atoms with Gasteiger partial charge in [-0.2, -0.15) is 0 Å². The number of imidazole rings is 1. The number of nitrogens with zero attached hydrogens (tertiary/aromatic N) is 6. The Bertz CT molecular complexity index is 1280. The van der Waals surface area contributed by atoms with E-state index >= 15 is 0 Å². The highest BCUT2D eigenvalue weighted by Gasteiger charge is 2.26. The van der Waals surface area contributed by atoms with E-state index in [-0.39, 0.29) is 18.2 Å². The number of halogens is 1. The van der Waals surface area contributed by atoms with Gasteiger partial charge in [-0.3, -0.25) is 4.79 Å². The van der Waals surface area contributed by atoms with Gasteiger partial charge in [-0.1, -0.05) is 23.7 Å². The van der Waals surface area contributed by atoms with Crippen LogP contribution < -0.4 is 4.90 Å². The average Bonchev–Trinajstić information content (AvgIpc) is 3.09. The number of carbonyl (C=O) groups is 1. The fourth-order valence-corrected chi connectivity index (χ4v) is 4.60. The van der Waals surface area contributed by atoms with E-state index in [2.05, 4.69) is 14.9 Å². The highest BCUT2D eigenvalue weighted by molar-refractivity contribution is 7.90. The molecule has 0 saturated carbocycles. The second kappa shape index (κ2) is 8.67. The molecule has 0 radical (unpaired) electrons. The topological polar surface area (TPSA) is 101 Å². The van der Waals surface area contributed by atoms with Crippen molar-refractivity contribution in [3.63, 3.8) is 0 Å². The van der Waals surface area contributed by atoms with Crippen LogP contribution in [0.4, 0.5) is 5.82 Å². The minimum absolute atomic E-state index is 0.0500. The zero-order chi connectivity index (χ0) is 23.0. The molecule has 2 aromatic heterocycles. The van der Waals surface area contributed by atoms with Crippen molar-refractivity contribution in [3.8, 4) is 11.4 Å². The van der Waals surface area contributed by atoms with Gasteiger partial charge in [0.1, 0.15) is 21.5 Å². The molecule has 0 spiro atoms. The molecule has 0 unspecified atom stereocenters. The molecule has 1 amide bonds. The maximum Gasteiger partial charge on any atom is 0.219 e. The van der Waals surface area contributed by atoms with Crippen molar-refractivity contribution in [1.82, 2.24) is 24.4 Å². The van der Waals surface area contributed by atoms with Gasteiger partial charge in [0.25, 0.3) is 0 Å². The van der Waals surface area contributed by atoms with Crippen LogP contribution in [0.15, 0.2) is 24.3 Å². The van der Waals surface area contributed by atoms with Crippen LogP contribution in [-0.2, 0) is 21.2 Å². The van der Waals surface area contributed by atoms with E-state index in [4.69, 9.17) is 16.6 Å². The summed E-state index contributed by atoms with van der Waals surface area (Å²) in [6.07, 6.45) is 1.21. The number of hydrogen-bond acceptors (Lipinski definition) is 7. The first kappa shape index (κ1) is 22.5. The Balaban J connectivity index is 1.85. The molecule has 32 heavy (non-hydrogen) atoms. The summed E-state index contributed by atoms with van der Waals surface area (Å²) in [6.45, 7) is 6.04. The Hall–Kier alpha value is -2.72. The molecule has 3 aromatic rings. The molecule has 1 aromatic carbocycles. The number of aromatic nitrogens is 4. The minimum Gasteiger partial charge on any atom is -0.351 e. The smallest absolute Gasteiger partial charge is 0.219 e. The molecular formula is C21H25ClN6O3S. The fraction of sp³-hybridized carbons (Fsp3) is 0.429. The van der Waals surface area contributed by atoms with Gasteiger partial charge in [0.15, 0.2) is 17.0 Å². The van der Waals surface area contributed by atoms with Crippen LogP contribution in [0.3, 0.4) is 0 Å². The maximum atomic E-state index is 11.9. The Kier molecular flexibility index (Phi) is 6.09. The molecule has 4 rings (SSSR count). The molecule has 11 heteroatoms. The highest BCUT2D eigenvalue weighted by Crippen LogP contribution is 2.33. The van der Waals surface area contributed by atoms with Gasteiger partial charge in [0, 0.05) is 51.5 Å². The van der Waals surface area contributed by atoms with E-state index in [0.717, 1.165) is 0 Å². The van der Waals surface area contributed by atoms with Crippen LogP contribution in [0.1, 0.15) is 12.7 Å². The molecule has 1 saturated heterocycles. The lowest BCUT2D eigenvalue weighted by atomic mass is 10.2. The van der Waals surface area contributed by atoms with Crippen molar-refractivity contribution in [3.05, 3.63) is 35.1 Å². The molecule has 1 aliphatic rings. The van der Waals surface area contributed by atoms with Gasteiger partial charge < -0.3 is 14.4 Å². The second-order valence-electron chi connectivity index (χ2n) is 7.96. The molecule has 3 heterocycles. The Morgan fingerprint density at radius 1 is 1.09 bits per heavy atom. The summed E-state index contributed by atoms with van der Waals surface area (Å²) in [5.41, 5.74) is 1.86. The van der Waals surface area contributed by atoms with Crippen LogP contribution >= 0.6 is 11.6 Å². The van der Waals surface area contributed by atoms with E-state index < -0.39 is 9.84 Å². The summed E-state index contributed by atoms with van der Waals surface area (Å²) >= 11 is 6.46. The third-order valence-electron chi connectivity index (χ3n) is 5.51. The third kappa shape index (κ3) is 4.56.